The van der Waals surface area contributed by atoms with Gasteiger partial charge in [0, 0.05) is 38.1 Å². The second-order valence-electron chi connectivity index (χ2n) is 6.52. The number of piperidine rings is 1. The van der Waals surface area contributed by atoms with Crippen LogP contribution in [0.1, 0.15) is 25.7 Å². The van der Waals surface area contributed by atoms with Crippen LogP contribution in [0, 0.1) is 16.0 Å². The van der Waals surface area contributed by atoms with E-state index in [1.165, 1.54) is 25.0 Å². The number of carbonyl (C=O) groups excluding carboxylic acids is 1. The molecule has 1 aromatic carbocycles. The number of rotatable bonds is 7. The summed E-state index contributed by atoms with van der Waals surface area (Å²) in [7, 11) is 0. The van der Waals surface area contributed by atoms with Gasteiger partial charge in [-0.15, -0.1) is 12.4 Å². The highest BCUT2D eigenvalue weighted by Gasteiger charge is 2.25. The minimum Gasteiger partial charge on any atom is -0.490 e. The van der Waals surface area contributed by atoms with Gasteiger partial charge in [0.05, 0.1) is 11.5 Å². The highest BCUT2D eigenvalue weighted by atomic mass is 35.5. The Bertz CT molecular complexity index is 584. The molecule has 7 nitrogen and oxygen atoms in total. The van der Waals surface area contributed by atoms with Crippen LogP contribution in [0.25, 0.3) is 0 Å². The Morgan fingerprint density at radius 1 is 1.20 bits per heavy atom. The van der Waals surface area contributed by atoms with Gasteiger partial charge >= 0.3 is 0 Å². The summed E-state index contributed by atoms with van der Waals surface area (Å²) in [5.41, 5.74) is 0.0569. The first-order chi connectivity index (χ1) is 11.6. The third-order valence-corrected chi connectivity index (χ3v) is 4.55. The Hall–Kier alpha value is -1.86. The Morgan fingerprint density at radius 3 is 2.40 bits per heavy atom. The zero-order valence-electron chi connectivity index (χ0n) is 14.1. The molecule has 1 saturated carbocycles. The SMILES string of the molecule is Cl.O=C(CNCC1CC1)N1CCC(Oc2ccc([N+](=O)[O-])cc2)CC1. The van der Waals surface area contributed by atoms with Gasteiger partial charge in [-0.3, -0.25) is 14.9 Å². The molecule has 1 amide bonds. The first kappa shape index (κ1) is 19.5. The van der Waals surface area contributed by atoms with Crippen molar-refractivity contribution in [3.63, 3.8) is 0 Å². The number of carbonyl (C=O) groups is 1. The molecule has 2 aliphatic rings. The van der Waals surface area contributed by atoms with Crippen LogP contribution in [0.3, 0.4) is 0 Å². The number of amides is 1. The van der Waals surface area contributed by atoms with E-state index in [0.717, 1.165) is 25.3 Å². The van der Waals surface area contributed by atoms with Crippen molar-refractivity contribution in [2.24, 2.45) is 5.92 Å². The normalized spacial score (nSPS) is 17.7. The molecule has 1 aliphatic carbocycles. The summed E-state index contributed by atoms with van der Waals surface area (Å²) >= 11 is 0. The summed E-state index contributed by atoms with van der Waals surface area (Å²) in [6, 6.07) is 6.13. The highest BCUT2D eigenvalue weighted by molar-refractivity contribution is 5.85. The molecule has 3 rings (SSSR count). The van der Waals surface area contributed by atoms with Crippen LogP contribution in [0.2, 0.25) is 0 Å². The monoisotopic (exact) mass is 369 g/mol. The highest BCUT2D eigenvalue weighted by Crippen LogP contribution is 2.27. The average Bonchev–Trinajstić information content (AvgIpc) is 3.40. The maximum absolute atomic E-state index is 12.1. The fourth-order valence-electron chi connectivity index (χ4n) is 2.88. The minimum absolute atomic E-state index is 0. The number of nitrogens with one attached hydrogen (secondary N) is 1. The number of benzene rings is 1. The predicted octanol–water partition coefficient (Wildman–Crippen LogP) is 2.39. The molecular weight excluding hydrogens is 346 g/mol. The van der Waals surface area contributed by atoms with Gasteiger partial charge in [-0.05, 0) is 37.4 Å². The van der Waals surface area contributed by atoms with Crippen molar-refractivity contribution in [1.82, 2.24) is 10.2 Å². The molecule has 0 aromatic heterocycles. The molecule has 0 spiro atoms. The Morgan fingerprint density at radius 2 is 1.84 bits per heavy atom. The van der Waals surface area contributed by atoms with E-state index in [1.807, 2.05) is 4.90 Å². The first-order valence-electron chi connectivity index (χ1n) is 8.51. The van der Waals surface area contributed by atoms with Gasteiger partial charge in [-0.25, -0.2) is 0 Å². The molecule has 1 heterocycles. The third kappa shape index (κ3) is 5.86. The van der Waals surface area contributed by atoms with E-state index in [-0.39, 0.29) is 30.1 Å². The molecule has 0 bridgehead atoms. The van der Waals surface area contributed by atoms with Gasteiger partial charge in [0.15, 0.2) is 0 Å². The molecule has 0 radical (unpaired) electrons. The molecule has 138 valence electrons. The van der Waals surface area contributed by atoms with Crippen molar-refractivity contribution in [3.8, 4) is 5.75 Å². The molecule has 1 aliphatic heterocycles. The molecule has 2 fully saturated rings. The fraction of sp³-hybridized carbons (Fsp3) is 0.588. The van der Waals surface area contributed by atoms with Crippen LogP contribution in [0.15, 0.2) is 24.3 Å². The lowest BCUT2D eigenvalue weighted by atomic mass is 10.1. The number of likely N-dealkylation sites (tertiary alicyclic amines) is 1. The zero-order valence-corrected chi connectivity index (χ0v) is 14.9. The van der Waals surface area contributed by atoms with Crippen molar-refractivity contribution in [2.45, 2.75) is 31.8 Å². The molecule has 0 atom stereocenters. The van der Waals surface area contributed by atoms with Crippen molar-refractivity contribution in [3.05, 3.63) is 34.4 Å². The molecule has 0 unspecified atom stereocenters. The topological polar surface area (TPSA) is 84.7 Å². The number of hydrogen-bond donors (Lipinski definition) is 1. The standard InChI is InChI=1S/C17H23N3O4.ClH/c21-17(12-18-11-13-1-2-13)19-9-7-16(8-10-19)24-15-5-3-14(4-6-15)20(22)23;/h3-6,13,16,18H,1-2,7-12H2;1H. The maximum atomic E-state index is 12.1. The predicted molar refractivity (Wildman–Crippen MR) is 96.2 cm³/mol. The van der Waals surface area contributed by atoms with Crippen LogP contribution in [-0.4, -0.2) is 48.0 Å². The number of hydrogen-bond acceptors (Lipinski definition) is 5. The van der Waals surface area contributed by atoms with Gasteiger partial charge in [0.25, 0.3) is 5.69 Å². The minimum atomic E-state index is -0.425. The number of nitro benzene ring substituents is 1. The van der Waals surface area contributed by atoms with Gasteiger partial charge in [0.1, 0.15) is 11.9 Å². The summed E-state index contributed by atoms with van der Waals surface area (Å²) in [6.07, 6.45) is 4.19. The van der Waals surface area contributed by atoms with Crippen molar-refractivity contribution < 1.29 is 14.5 Å². The van der Waals surface area contributed by atoms with E-state index in [4.69, 9.17) is 4.74 Å². The average molecular weight is 370 g/mol. The Balaban J connectivity index is 0.00000225. The molecule has 1 N–H and O–H groups in total. The zero-order chi connectivity index (χ0) is 16.9. The Labute approximate surface area is 153 Å². The molecule has 8 heteroatoms. The largest absolute Gasteiger partial charge is 0.490 e. The van der Waals surface area contributed by atoms with E-state index in [0.29, 0.717) is 25.4 Å². The van der Waals surface area contributed by atoms with Gasteiger partial charge in [0.2, 0.25) is 5.91 Å². The molecule has 1 saturated heterocycles. The maximum Gasteiger partial charge on any atom is 0.269 e. The van der Waals surface area contributed by atoms with Crippen molar-refractivity contribution in [2.75, 3.05) is 26.2 Å². The number of non-ortho nitro benzene ring substituents is 1. The molecule has 25 heavy (non-hydrogen) atoms. The summed E-state index contributed by atoms with van der Waals surface area (Å²) in [6.45, 7) is 2.76. The summed E-state index contributed by atoms with van der Waals surface area (Å²) in [5.74, 6) is 1.57. The molecule has 1 aromatic rings. The lowest BCUT2D eigenvalue weighted by Crippen LogP contribution is -2.45. The quantitative estimate of drug-likeness (QED) is 0.589. The third-order valence-electron chi connectivity index (χ3n) is 4.55. The lowest BCUT2D eigenvalue weighted by molar-refractivity contribution is -0.384. The van der Waals surface area contributed by atoms with Gasteiger partial charge < -0.3 is 15.0 Å². The second-order valence-corrected chi connectivity index (χ2v) is 6.52. The second kappa shape index (κ2) is 9.01. The van der Waals surface area contributed by atoms with Crippen LogP contribution >= 0.6 is 12.4 Å². The van der Waals surface area contributed by atoms with E-state index < -0.39 is 4.92 Å². The van der Waals surface area contributed by atoms with E-state index in [1.54, 1.807) is 12.1 Å². The van der Waals surface area contributed by atoms with Crippen LogP contribution in [0.5, 0.6) is 5.75 Å². The summed E-state index contributed by atoms with van der Waals surface area (Å²) in [4.78, 5) is 24.2. The summed E-state index contributed by atoms with van der Waals surface area (Å²) < 4.78 is 5.86. The van der Waals surface area contributed by atoms with E-state index in [2.05, 4.69) is 5.32 Å². The number of ether oxygens (including phenoxy) is 1. The van der Waals surface area contributed by atoms with Gasteiger partial charge in [-0.1, -0.05) is 0 Å². The number of halogens is 1. The smallest absolute Gasteiger partial charge is 0.269 e. The number of nitrogens with zero attached hydrogens (tertiary/aromatic N) is 2. The van der Waals surface area contributed by atoms with Gasteiger partial charge in [-0.2, -0.15) is 0 Å². The first-order valence-corrected chi connectivity index (χ1v) is 8.51. The van der Waals surface area contributed by atoms with Crippen LogP contribution in [-0.2, 0) is 4.79 Å². The lowest BCUT2D eigenvalue weighted by Gasteiger charge is -2.32. The number of nitro groups is 1. The fourth-order valence-corrected chi connectivity index (χ4v) is 2.88. The van der Waals surface area contributed by atoms with Crippen molar-refractivity contribution in [1.29, 1.82) is 0 Å². The van der Waals surface area contributed by atoms with Crippen molar-refractivity contribution >= 4 is 24.0 Å². The van der Waals surface area contributed by atoms with E-state index in [9.17, 15) is 14.9 Å². The van der Waals surface area contributed by atoms with E-state index >= 15 is 0 Å². The molecular formula is C17H24ClN3O4. The van der Waals surface area contributed by atoms with Crippen LogP contribution < -0.4 is 10.1 Å². The Kier molecular flexibility index (Phi) is 7.01. The summed E-state index contributed by atoms with van der Waals surface area (Å²) in [5, 5.41) is 13.9. The van der Waals surface area contributed by atoms with Crippen LogP contribution in [0.4, 0.5) is 5.69 Å².